The number of thiophene rings is 1. The van der Waals surface area contributed by atoms with Crippen molar-refractivity contribution in [1.82, 2.24) is 15.1 Å². The molecule has 3 amide bonds. The van der Waals surface area contributed by atoms with Gasteiger partial charge in [-0.25, -0.2) is 0 Å². The van der Waals surface area contributed by atoms with Crippen molar-refractivity contribution in [2.24, 2.45) is 11.8 Å². The SMILES string of the molecule is CC(C)C(NC(=O)c1cccs1)C(=O)N1CCC(C(=O)N2CCCC2)CC1. The zero-order valence-electron chi connectivity index (χ0n) is 16.1. The molecule has 2 aliphatic heterocycles. The van der Waals surface area contributed by atoms with E-state index in [0.29, 0.717) is 30.8 Å². The van der Waals surface area contributed by atoms with E-state index in [0.717, 1.165) is 25.9 Å². The number of nitrogens with zero attached hydrogens (tertiary/aromatic N) is 2. The number of hydrogen-bond acceptors (Lipinski definition) is 4. The molecule has 1 N–H and O–H groups in total. The third kappa shape index (κ3) is 4.69. The maximum absolute atomic E-state index is 13.0. The van der Waals surface area contributed by atoms with Gasteiger partial charge in [-0.05, 0) is 43.0 Å². The standard InChI is InChI=1S/C20H29N3O3S/c1-14(2)17(21-18(24)16-6-5-13-27-16)20(26)23-11-7-15(8-12-23)19(25)22-9-3-4-10-22/h5-6,13-15,17H,3-4,7-12H2,1-2H3,(H,21,24). The molecule has 0 aliphatic carbocycles. The number of hydrogen-bond donors (Lipinski definition) is 1. The average Bonchev–Trinajstić information content (AvgIpc) is 3.38. The van der Waals surface area contributed by atoms with E-state index in [4.69, 9.17) is 0 Å². The van der Waals surface area contributed by atoms with Gasteiger partial charge in [-0.2, -0.15) is 0 Å². The van der Waals surface area contributed by atoms with Crippen molar-refractivity contribution in [3.63, 3.8) is 0 Å². The Balaban J connectivity index is 1.55. The topological polar surface area (TPSA) is 69.7 Å². The summed E-state index contributed by atoms with van der Waals surface area (Å²) in [6.07, 6.45) is 3.63. The van der Waals surface area contributed by atoms with Crippen molar-refractivity contribution in [2.45, 2.75) is 45.6 Å². The van der Waals surface area contributed by atoms with Gasteiger partial charge in [0.15, 0.2) is 0 Å². The first-order valence-corrected chi connectivity index (χ1v) is 10.8. The normalized spacial score (nSPS) is 19.4. The van der Waals surface area contributed by atoms with Crippen LogP contribution in [-0.2, 0) is 9.59 Å². The monoisotopic (exact) mass is 391 g/mol. The molecule has 0 spiro atoms. The summed E-state index contributed by atoms with van der Waals surface area (Å²) in [5, 5.41) is 4.75. The number of piperidine rings is 1. The van der Waals surface area contributed by atoms with Crippen molar-refractivity contribution in [1.29, 1.82) is 0 Å². The zero-order valence-corrected chi connectivity index (χ0v) is 17.0. The van der Waals surface area contributed by atoms with E-state index < -0.39 is 6.04 Å². The van der Waals surface area contributed by atoms with Gasteiger partial charge < -0.3 is 15.1 Å². The van der Waals surface area contributed by atoms with Crippen molar-refractivity contribution < 1.29 is 14.4 Å². The van der Waals surface area contributed by atoms with Crippen LogP contribution >= 0.6 is 11.3 Å². The van der Waals surface area contributed by atoms with Gasteiger partial charge in [0.2, 0.25) is 11.8 Å². The van der Waals surface area contributed by atoms with E-state index in [-0.39, 0.29) is 29.6 Å². The molecule has 27 heavy (non-hydrogen) atoms. The summed E-state index contributed by atoms with van der Waals surface area (Å²) < 4.78 is 0. The minimum atomic E-state index is -0.537. The predicted octanol–water partition coefficient (Wildman–Crippen LogP) is 2.36. The molecular formula is C20H29N3O3S. The highest BCUT2D eigenvalue weighted by Gasteiger charge is 2.34. The molecule has 6 nitrogen and oxygen atoms in total. The van der Waals surface area contributed by atoms with E-state index in [1.54, 1.807) is 6.07 Å². The Kier molecular flexibility index (Phi) is 6.52. The predicted molar refractivity (Wildman–Crippen MR) is 106 cm³/mol. The lowest BCUT2D eigenvalue weighted by Crippen LogP contribution is -2.53. The molecule has 148 valence electrons. The quantitative estimate of drug-likeness (QED) is 0.838. The Morgan fingerprint density at radius 2 is 1.74 bits per heavy atom. The molecule has 7 heteroatoms. The third-order valence-corrected chi connectivity index (χ3v) is 6.41. The number of amides is 3. The summed E-state index contributed by atoms with van der Waals surface area (Å²) in [5.41, 5.74) is 0. The van der Waals surface area contributed by atoms with Crippen LogP contribution in [0.2, 0.25) is 0 Å². The number of carbonyl (C=O) groups is 3. The summed E-state index contributed by atoms with van der Waals surface area (Å²) >= 11 is 1.37. The van der Waals surface area contributed by atoms with E-state index >= 15 is 0 Å². The molecule has 0 radical (unpaired) electrons. The van der Waals surface area contributed by atoms with Gasteiger partial charge in [0, 0.05) is 32.1 Å². The first-order valence-electron chi connectivity index (χ1n) is 9.89. The first-order chi connectivity index (χ1) is 13.0. The van der Waals surface area contributed by atoms with Crippen molar-refractivity contribution >= 4 is 29.1 Å². The van der Waals surface area contributed by atoms with E-state index in [1.807, 2.05) is 35.1 Å². The molecule has 2 aliphatic rings. The van der Waals surface area contributed by atoms with Crippen LogP contribution in [0, 0.1) is 11.8 Å². The van der Waals surface area contributed by atoms with Crippen LogP contribution in [0.25, 0.3) is 0 Å². The van der Waals surface area contributed by atoms with Gasteiger partial charge in [0.05, 0.1) is 4.88 Å². The molecule has 2 fully saturated rings. The van der Waals surface area contributed by atoms with Crippen molar-refractivity contribution in [3.05, 3.63) is 22.4 Å². The highest BCUT2D eigenvalue weighted by molar-refractivity contribution is 7.12. The van der Waals surface area contributed by atoms with Gasteiger partial charge >= 0.3 is 0 Å². The second kappa shape index (κ2) is 8.87. The average molecular weight is 392 g/mol. The van der Waals surface area contributed by atoms with Crippen molar-refractivity contribution in [2.75, 3.05) is 26.2 Å². The minimum Gasteiger partial charge on any atom is -0.342 e. The van der Waals surface area contributed by atoms with E-state index in [2.05, 4.69) is 5.32 Å². The summed E-state index contributed by atoms with van der Waals surface area (Å²) in [4.78, 5) is 42.3. The number of carbonyl (C=O) groups excluding carboxylic acids is 3. The Morgan fingerprint density at radius 1 is 1.07 bits per heavy atom. The van der Waals surface area contributed by atoms with Crippen LogP contribution in [0.1, 0.15) is 49.2 Å². The lowest BCUT2D eigenvalue weighted by atomic mass is 9.93. The Hall–Kier alpha value is -1.89. The maximum Gasteiger partial charge on any atom is 0.262 e. The summed E-state index contributed by atoms with van der Waals surface area (Å²) in [7, 11) is 0. The van der Waals surface area contributed by atoms with Crippen LogP contribution in [0.3, 0.4) is 0 Å². The van der Waals surface area contributed by atoms with Gasteiger partial charge in [0.1, 0.15) is 6.04 Å². The molecule has 1 atom stereocenters. The fourth-order valence-electron chi connectivity index (χ4n) is 3.87. The molecule has 1 unspecified atom stereocenters. The second-order valence-corrected chi connectivity index (χ2v) is 8.75. The maximum atomic E-state index is 13.0. The number of rotatable bonds is 5. The minimum absolute atomic E-state index is 0.00497. The van der Waals surface area contributed by atoms with Gasteiger partial charge in [-0.15, -0.1) is 11.3 Å². The number of likely N-dealkylation sites (tertiary alicyclic amines) is 2. The van der Waals surface area contributed by atoms with E-state index in [1.165, 1.54) is 11.3 Å². The highest BCUT2D eigenvalue weighted by atomic mass is 32.1. The van der Waals surface area contributed by atoms with Crippen molar-refractivity contribution in [3.8, 4) is 0 Å². The fourth-order valence-corrected chi connectivity index (χ4v) is 4.50. The smallest absolute Gasteiger partial charge is 0.262 e. The molecule has 0 aromatic carbocycles. The lowest BCUT2D eigenvalue weighted by Gasteiger charge is -2.36. The molecule has 3 rings (SSSR count). The van der Waals surface area contributed by atoms with Gasteiger partial charge in [0.25, 0.3) is 5.91 Å². The zero-order chi connectivity index (χ0) is 19.4. The van der Waals surface area contributed by atoms with Gasteiger partial charge in [-0.1, -0.05) is 19.9 Å². The van der Waals surface area contributed by atoms with Crippen LogP contribution in [0.15, 0.2) is 17.5 Å². The second-order valence-electron chi connectivity index (χ2n) is 7.80. The molecular weight excluding hydrogens is 362 g/mol. The molecule has 2 saturated heterocycles. The van der Waals surface area contributed by atoms with Crippen LogP contribution < -0.4 is 5.32 Å². The van der Waals surface area contributed by atoms with Crippen LogP contribution in [-0.4, -0.2) is 59.7 Å². The summed E-state index contributed by atoms with van der Waals surface area (Å²) in [6.45, 7) is 6.81. The molecule has 0 bridgehead atoms. The largest absolute Gasteiger partial charge is 0.342 e. The highest BCUT2D eigenvalue weighted by Crippen LogP contribution is 2.23. The molecule has 0 saturated carbocycles. The first kappa shape index (κ1) is 19.9. The van der Waals surface area contributed by atoms with Gasteiger partial charge in [-0.3, -0.25) is 14.4 Å². The molecule has 1 aromatic heterocycles. The van der Waals surface area contributed by atoms with Crippen LogP contribution in [0.4, 0.5) is 0 Å². The molecule has 1 aromatic rings. The lowest BCUT2D eigenvalue weighted by molar-refractivity contribution is -0.141. The Labute approximate surface area is 164 Å². The number of nitrogens with one attached hydrogen (secondary N) is 1. The summed E-state index contributed by atoms with van der Waals surface area (Å²) in [5.74, 6) is 0.0554. The third-order valence-electron chi connectivity index (χ3n) is 5.54. The summed E-state index contributed by atoms with van der Waals surface area (Å²) in [6, 6.07) is 3.05. The molecule has 3 heterocycles. The Bertz CT molecular complexity index is 660. The van der Waals surface area contributed by atoms with Crippen LogP contribution in [0.5, 0.6) is 0 Å². The Morgan fingerprint density at radius 3 is 2.30 bits per heavy atom. The van der Waals surface area contributed by atoms with E-state index in [9.17, 15) is 14.4 Å². The fraction of sp³-hybridized carbons (Fsp3) is 0.650.